The molecule has 3 rings (SSSR count). The smallest absolute Gasteiger partial charge is 0.341 e. The molecular weight excluding hydrogens is 436 g/mol. The quantitative estimate of drug-likeness (QED) is 0.442. The molecule has 0 aliphatic rings. The SMILES string of the molecule is CCOC[C@@H](Oc1ccc(OCC(=O)O)c(C)c1)c1cccc(-c2ccc(C#N)c(OC)c2)n1. The van der Waals surface area contributed by atoms with Crippen LogP contribution in [0.4, 0.5) is 0 Å². The molecule has 0 aliphatic carbocycles. The summed E-state index contributed by atoms with van der Waals surface area (Å²) in [6.45, 7) is 4.12. The number of nitrogens with zero attached hydrogens (tertiary/aromatic N) is 2. The highest BCUT2D eigenvalue weighted by atomic mass is 16.5. The van der Waals surface area contributed by atoms with Crippen molar-refractivity contribution in [3.05, 3.63) is 71.4 Å². The van der Waals surface area contributed by atoms with Crippen LogP contribution in [-0.4, -0.2) is 43.0 Å². The number of carboxylic acid groups (broad SMARTS) is 1. The molecule has 1 heterocycles. The first-order valence-corrected chi connectivity index (χ1v) is 10.7. The number of hydrogen-bond donors (Lipinski definition) is 1. The molecule has 0 bridgehead atoms. The van der Waals surface area contributed by atoms with Gasteiger partial charge < -0.3 is 24.1 Å². The summed E-state index contributed by atoms with van der Waals surface area (Å²) < 4.78 is 22.5. The molecule has 1 N–H and O–H groups in total. The van der Waals surface area contributed by atoms with E-state index in [2.05, 4.69) is 6.07 Å². The van der Waals surface area contributed by atoms with Gasteiger partial charge in [-0.15, -0.1) is 0 Å². The molecule has 0 spiro atoms. The second-order valence-electron chi connectivity index (χ2n) is 7.35. The van der Waals surface area contributed by atoms with E-state index in [-0.39, 0.29) is 0 Å². The van der Waals surface area contributed by atoms with E-state index in [4.69, 9.17) is 29.0 Å². The summed E-state index contributed by atoms with van der Waals surface area (Å²) >= 11 is 0. The molecule has 176 valence electrons. The van der Waals surface area contributed by atoms with Gasteiger partial charge in [-0.05, 0) is 61.9 Å². The molecule has 1 atom stereocenters. The number of rotatable bonds is 11. The maximum atomic E-state index is 10.8. The number of carbonyl (C=O) groups is 1. The van der Waals surface area contributed by atoms with Gasteiger partial charge in [-0.3, -0.25) is 0 Å². The monoisotopic (exact) mass is 462 g/mol. The third kappa shape index (κ3) is 6.24. The molecule has 1 aromatic heterocycles. The van der Waals surface area contributed by atoms with Gasteiger partial charge in [0.15, 0.2) is 12.7 Å². The number of carboxylic acids is 1. The highest BCUT2D eigenvalue weighted by Crippen LogP contribution is 2.30. The molecule has 34 heavy (non-hydrogen) atoms. The van der Waals surface area contributed by atoms with Gasteiger partial charge in [0.2, 0.25) is 0 Å². The summed E-state index contributed by atoms with van der Waals surface area (Å²) in [6.07, 6.45) is -0.481. The number of nitriles is 1. The zero-order chi connectivity index (χ0) is 24.5. The summed E-state index contributed by atoms with van der Waals surface area (Å²) in [6, 6.07) is 18.2. The fourth-order valence-corrected chi connectivity index (χ4v) is 3.30. The lowest BCUT2D eigenvalue weighted by molar-refractivity contribution is -0.139. The number of pyridine rings is 1. The third-order valence-electron chi connectivity index (χ3n) is 4.97. The molecule has 3 aromatic rings. The van der Waals surface area contributed by atoms with Crippen LogP contribution in [0, 0.1) is 18.3 Å². The van der Waals surface area contributed by atoms with Crippen LogP contribution in [-0.2, 0) is 9.53 Å². The summed E-state index contributed by atoms with van der Waals surface area (Å²) in [5, 5.41) is 18.0. The van der Waals surface area contributed by atoms with Gasteiger partial charge in [-0.2, -0.15) is 5.26 Å². The Kier molecular flexibility index (Phi) is 8.43. The van der Waals surface area contributed by atoms with Crippen LogP contribution < -0.4 is 14.2 Å². The number of methoxy groups -OCH3 is 1. The number of benzene rings is 2. The molecule has 0 fully saturated rings. The lowest BCUT2D eigenvalue weighted by Crippen LogP contribution is -2.16. The topological polar surface area (TPSA) is 111 Å². The summed E-state index contributed by atoms with van der Waals surface area (Å²) in [5.74, 6) is 0.500. The Balaban J connectivity index is 1.87. The lowest BCUT2D eigenvalue weighted by Gasteiger charge is -2.20. The van der Waals surface area contributed by atoms with Crippen LogP contribution in [0.15, 0.2) is 54.6 Å². The zero-order valence-electron chi connectivity index (χ0n) is 19.3. The van der Waals surface area contributed by atoms with E-state index < -0.39 is 18.7 Å². The van der Waals surface area contributed by atoms with Crippen LogP contribution >= 0.6 is 0 Å². The van der Waals surface area contributed by atoms with Crippen molar-refractivity contribution in [1.82, 2.24) is 4.98 Å². The predicted molar refractivity (Wildman–Crippen MR) is 125 cm³/mol. The van der Waals surface area contributed by atoms with Crippen LogP contribution in [0.2, 0.25) is 0 Å². The van der Waals surface area contributed by atoms with Crippen molar-refractivity contribution in [2.24, 2.45) is 0 Å². The van der Waals surface area contributed by atoms with Crippen molar-refractivity contribution in [2.75, 3.05) is 26.9 Å². The first kappa shape index (κ1) is 24.6. The summed E-state index contributed by atoms with van der Waals surface area (Å²) in [7, 11) is 1.52. The van der Waals surface area contributed by atoms with E-state index >= 15 is 0 Å². The van der Waals surface area contributed by atoms with Crippen molar-refractivity contribution in [3.8, 4) is 34.6 Å². The molecule has 0 aliphatic heterocycles. The van der Waals surface area contributed by atoms with Crippen molar-refractivity contribution in [1.29, 1.82) is 5.26 Å². The number of ether oxygens (including phenoxy) is 4. The molecule has 0 saturated carbocycles. The normalized spacial score (nSPS) is 11.4. The number of aliphatic carboxylic acids is 1. The van der Waals surface area contributed by atoms with E-state index in [1.807, 2.05) is 38.1 Å². The minimum atomic E-state index is -1.04. The number of aromatic nitrogens is 1. The fraction of sp³-hybridized carbons (Fsp3) is 0.269. The minimum Gasteiger partial charge on any atom is -0.495 e. The first-order valence-electron chi connectivity index (χ1n) is 10.7. The van der Waals surface area contributed by atoms with Crippen LogP contribution in [0.25, 0.3) is 11.3 Å². The first-order chi connectivity index (χ1) is 16.4. The van der Waals surface area contributed by atoms with Crippen LogP contribution in [0.1, 0.15) is 29.8 Å². The highest BCUT2D eigenvalue weighted by molar-refractivity contribution is 5.68. The van der Waals surface area contributed by atoms with Gasteiger partial charge in [0, 0.05) is 12.2 Å². The molecule has 2 aromatic carbocycles. The van der Waals surface area contributed by atoms with E-state index in [1.54, 1.807) is 30.3 Å². The third-order valence-corrected chi connectivity index (χ3v) is 4.97. The van der Waals surface area contributed by atoms with Gasteiger partial charge in [0.1, 0.15) is 23.3 Å². The Morgan fingerprint density at radius 1 is 1.15 bits per heavy atom. The maximum absolute atomic E-state index is 10.8. The summed E-state index contributed by atoms with van der Waals surface area (Å²) in [5.41, 5.74) is 3.40. The second-order valence-corrected chi connectivity index (χ2v) is 7.35. The second kappa shape index (κ2) is 11.7. The van der Waals surface area contributed by atoms with Gasteiger partial charge in [-0.25, -0.2) is 9.78 Å². The van der Waals surface area contributed by atoms with Crippen molar-refractivity contribution in [3.63, 3.8) is 0 Å². The molecule has 0 radical (unpaired) electrons. The highest BCUT2D eigenvalue weighted by Gasteiger charge is 2.18. The predicted octanol–water partition coefficient (Wildman–Crippen LogP) is 4.56. The molecule has 8 nitrogen and oxygen atoms in total. The van der Waals surface area contributed by atoms with E-state index in [9.17, 15) is 10.1 Å². The molecule has 8 heteroatoms. The van der Waals surface area contributed by atoms with Crippen molar-refractivity contribution < 1.29 is 28.8 Å². The van der Waals surface area contributed by atoms with Gasteiger partial charge in [0.05, 0.1) is 30.7 Å². The van der Waals surface area contributed by atoms with Crippen LogP contribution in [0.5, 0.6) is 17.2 Å². The largest absolute Gasteiger partial charge is 0.495 e. The van der Waals surface area contributed by atoms with E-state index in [1.165, 1.54) is 7.11 Å². The Morgan fingerprint density at radius 3 is 2.65 bits per heavy atom. The summed E-state index contributed by atoms with van der Waals surface area (Å²) in [4.78, 5) is 15.5. The number of hydrogen-bond acceptors (Lipinski definition) is 7. The standard InChI is InChI=1S/C26H26N2O6/c1-4-32-15-25(34-20-10-11-23(17(2)12-20)33-16-26(29)30)22-7-5-6-21(28-22)18-8-9-19(14-27)24(13-18)31-3/h5-13,25H,4,15-16H2,1-3H3,(H,29,30)/t25-/m1/s1. The van der Waals surface area contributed by atoms with E-state index in [0.717, 1.165) is 11.1 Å². The lowest BCUT2D eigenvalue weighted by atomic mass is 10.1. The molecule has 0 amide bonds. The average molecular weight is 463 g/mol. The van der Waals surface area contributed by atoms with Crippen LogP contribution in [0.3, 0.4) is 0 Å². The Labute approximate surface area is 198 Å². The fourth-order valence-electron chi connectivity index (χ4n) is 3.30. The van der Waals surface area contributed by atoms with Crippen molar-refractivity contribution >= 4 is 5.97 Å². The molecular formula is C26H26N2O6. The molecule has 0 saturated heterocycles. The van der Waals surface area contributed by atoms with Gasteiger partial charge in [-0.1, -0.05) is 12.1 Å². The number of aryl methyl sites for hydroxylation is 1. The Morgan fingerprint density at radius 2 is 1.97 bits per heavy atom. The van der Waals surface area contributed by atoms with E-state index in [0.29, 0.717) is 47.4 Å². The Hall–Kier alpha value is -4.09. The maximum Gasteiger partial charge on any atom is 0.341 e. The van der Waals surface area contributed by atoms with Gasteiger partial charge >= 0.3 is 5.97 Å². The Bertz CT molecular complexity index is 1190. The minimum absolute atomic E-state index is 0.292. The molecule has 0 unspecified atom stereocenters. The van der Waals surface area contributed by atoms with Crippen molar-refractivity contribution in [2.45, 2.75) is 20.0 Å². The average Bonchev–Trinajstić information content (AvgIpc) is 2.85. The van der Waals surface area contributed by atoms with Gasteiger partial charge in [0.25, 0.3) is 0 Å². The zero-order valence-corrected chi connectivity index (χ0v) is 19.3.